The van der Waals surface area contributed by atoms with E-state index in [1.54, 1.807) is 12.3 Å². The molecule has 1 atom stereocenters. The lowest BCUT2D eigenvalue weighted by molar-refractivity contribution is 0.565. The number of benzene rings is 1. The number of imidazole rings is 1. The van der Waals surface area contributed by atoms with Gasteiger partial charge in [0.25, 0.3) is 5.56 Å². The quantitative estimate of drug-likeness (QED) is 0.599. The third-order valence-corrected chi connectivity index (χ3v) is 4.94. The molecule has 6 heteroatoms. The van der Waals surface area contributed by atoms with Crippen molar-refractivity contribution in [2.75, 3.05) is 0 Å². The van der Waals surface area contributed by atoms with Gasteiger partial charge in [-0.3, -0.25) is 9.89 Å². The standard InChI is InChI=1S/C21H23N5O/c1-13(2)20-22-9-10-25(20)15(4)18-11-19(27)26-21(24-18)17(12-23-26)16-7-5-14(3)6-8-16/h5-13,15,23H,1-4H3. The predicted molar refractivity (Wildman–Crippen MR) is 106 cm³/mol. The first-order chi connectivity index (χ1) is 13.0. The zero-order valence-electron chi connectivity index (χ0n) is 16.0. The zero-order chi connectivity index (χ0) is 19.1. The molecular weight excluding hydrogens is 338 g/mol. The Balaban J connectivity index is 1.85. The van der Waals surface area contributed by atoms with Gasteiger partial charge < -0.3 is 4.57 Å². The van der Waals surface area contributed by atoms with Crippen LogP contribution in [0.1, 0.15) is 49.8 Å². The summed E-state index contributed by atoms with van der Waals surface area (Å²) in [5, 5.41) is 3.02. The number of nitrogens with one attached hydrogen (secondary N) is 1. The van der Waals surface area contributed by atoms with Gasteiger partial charge in [-0.15, -0.1) is 0 Å². The van der Waals surface area contributed by atoms with Crippen LogP contribution in [-0.4, -0.2) is 24.1 Å². The van der Waals surface area contributed by atoms with Crippen LogP contribution < -0.4 is 5.56 Å². The van der Waals surface area contributed by atoms with E-state index in [9.17, 15) is 4.79 Å². The minimum atomic E-state index is -0.119. The Bertz CT molecular complexity index is 1150. The van der Waals surface area contributed by atoms with Gasteiger partial charge >= 0.3 is 0 Å². The first kappa shape index (κ1) is 17.3. The third-order valence-electron chi connectivity index (χ3n) is 4.94. The van der Waals surface area contributed by atoms with Crippen molar-refractivity contribution in [2.24, 2.45) is 0 Å². The largest absolute Gasteiger partial charge is 0.326 e. The zero-order valence-corrected chi connectivity index (χ0v) is 16.0. The van der Waals surface area contributed by atoms with Crippen molar-refractivity contribution in [3.05, 3.63) is 76.4 Å². The molecule has 3 aromatic heterocycles. The fourth-order valence-corrected chi connectivity index (χ4v) is 3.40. The van der Waals surface area contributed by atoms with E-state index in [0.717, 1.165) is 22.6 Å². The van der Waals surface area contributed by atoms with E-state index in [1.807, 2.05) is 31.5 Å². The highest BCUT2D eigenvalue weighted by atomic mass is 16.1. The van der Waals surface area contributed by atoms with E-state index in [1.165, 1.54) is 10.1 Å². The second kappa shape index (κ2) is 6.54. The molecule has 0 aliphatic rings. The Morgan fingerprint density at radius 3 is 2.56 bits per heavy atom. The molecule has 138 valence electrons. The van der Waals surface area contributed by atoms with E-state index >= 15 is 0 Å². The molecule has 3 heterocycles. The molecule has 4 aromatic rings. The maximum absolute atomic E-state index is 12.7. The van der Waals surface area contributed by atoms with Gasteiger partial charge in [-0.25, -0.2) is 14.5 Å². The van der Waals surface area contributed by atoms with Crippen LogP contribution in [-0.2, 0) is 0 Å². The van der Waals surface area contributed by atoms with E-state index in [-0.39, 0.29) is 11.6 Å². The minimum Gasteiger partial charge on any atom is -0.326 e. The van der Waals surface area contributed by atoms with E-state index in [2.05, 4.69) is 47.6 Å². The molecule has 0 radical (unpaired) electrons. The number of fused-ring (bicyclic) bond motifs is 1. The van der Waals surface area contributed by atoms with Crippen molar-refractivity contribution in [1.29, 1.82) is 0 Å². The summed E-state index contributed by atoms with van der Waals surface area (Å²) in [6.07, 6.45) is 5.58. The van der Waals surface area contributed by atoms with Gasteiger partial charge in [0, 0.05) is 36.1 Å². The lowest BCUT2D eigenvalue weighted by Gasteiger charge is -2.17. The number of H-pyrrole nitrogens is 1. The van der Waals surface area contributed by atoms with Crippen molar-refractivity contribution >= 4 is 5.65 Å². The SMILES string of the molecule is Cc1ccc(-c2c[nH]n3c(=O)cc(C(C)n4ccnc4C(C)C)nc23)cc1. The number of aromatic amines is 1. The number of aryl methyl sites for hydroxylation is 1. The fourth-order valence-electron chi connectivity index (χ4n) is 3.40. The van der Waals surface area contributed by atoms with Gasteiger partial charge in [0.05, 0.1) is 11.7 Å². The van der Waals surface area contributed by atoms with E-state index < -0.39 is 0 Å². The molecule has 4 rings (SSSR count). The van der Waals surface area contributed by atoms with Crippen LogP contribution in [0, 0.1) is 6.92 Å². The number of aromatic nitrogens is 5. The van der Waals surface area contributed by atoms with Crippen LogP contribution in [0.25, 0.3) is 16.8 Å². The molecule has 6 nitrogen and oxygen atoms in total. The molecular formula is C21H23N5O. The molecule has 1 unspecified atom stereocenters. The van der Waals surface area contributed by atoms with E-state index in [0.29, 0.717) is 11.6 Å². The van der Waals surface area contributed by atoms with Crippen molar-refractivity contribution in [3.8, 4) is 11.1 Å². The molecule has 27 heavy (non-hydrogen) atoms. The first-order valence-corrected chi connectivity index (χ1v) is 9.16. The molecule has 0 aliphatic heterocycles. The summed E-state index contributed by atoms with van der Waals surface area (Å²) in [5.74, 6) is 1.28. The normalized spacial score (nSPS) is 12.8. The summed E-state index contributed by atoms with van der Waals surface area (Å²) >= 11 is 0. The summed E-state index contributed by atoms with van der Waals surface area (Å²) in [4.78, 5) is 21.9. The molecule has 1 aromatic carbocycles. The third kappa shape index (κ3) is 2.97. The van der Waals surface area contributed by atoms with Crippen LogP contribution in [0.5, 0.6) is 0 Å². The summed E-state index contributed by atoms with van der Waals surface area (Å²) < 4.78 is 3.57. The first-order valence-electron chi connectivity index (χ1n) is 9.16. The summed E-state index contributed by atoms with van der Waals surface area (Å²) in [5.41, 5.74) is 4.38. The van der Waals surface area contributed by atoms with Crippen LogP contribution in [0.4, 0.5) is 0 Å². The van der Waals surface area contributed by atoms with Crippen LogP contribution >= 0.6 is 0 Å². The topological polar surface area (TPSA) is 68.0 Å². The van der Waals surface area contributed by atoms with Crippen LogP contribution in [0.3, 0.4) is 0 Å². The van der Waals surface area contributed by atoms with Crippen LogP contribution in [0.15, 0.2) is 53.7 Å². The lowest BCUT2D eigenvalue weighted by atomic mass is 10.1. The molecule has 1 N–H and O–H groups in total. The average Bonchev–Trinajstić information content (AvgIpc) is 3.29. The Hall–Kier alpha value is -3.15. The minimum absolute atomic E-state index is 0.0802. The van der Waals surface area contributed by atoms with Gasteiger partial charge in [-0.2, -0.15) is 0 Å². The second-order valence-electron chi connectivity index (χ2n) is 7.25. The number of hydrogen-bond donors (Lipinski definition) is 1. The molecule has 0 saturated carbocycles. The Labute approximate surface area is 157 Å². The monoisotopic (exact) mass is 361 g/mol. The lowest BCUT2D eigenvalue weighted by Crippen LogP contribution is -2.19. The predicted octanol–water partition coefficient (Wildman–Crippen LogP) is 3.93. The number of rotatable bonds is 4. The Morgan fingerprint density at radius 2 is 1.85 bits per heavy atom. The molecule has 0 aliphatic carbocycles. The smallest absolute Gasteiger partial charge is 0.272 e. The number of hydrogen-bond acceptors (Lipinski definition) is 3. The van der Waals surface area contributed by atoms with Gasteiger partial charge in [0.2, 0.25) is 0 Å². The Morgan fingerprint density at radius 1 is 1.11 bits per heavy atom. The van der Waals surface area contributed by atoms with E-state index in [4.69, 9.17) is 4.98 Å². The summed E-state index contributed by atoms with van der Waals surface area (Å²) in [6, 6.07) is 9.73. The second-order valence-corrected chi connectivity index (χ2v) is 7.25. The van der Waals surface area contributed by atoms with Crippen molar-refractivity contribution in [3.63, 3.8) is 0 Å². The number of nitrogens with zero attached hydrogens (tertiary/aromatic N) is 4. The summed E-state index contributed by atoms with van der Waals surface area (Å²) in [7, 11) is 0. The van der Waals surface area contributed by atoms with Crippen molar-refractivity contribution < 1.29 is 0 Å². The molecule has 0 bridgehead atoms. The highest BCUT2D eigenvalue weighted by Crippen LogP contribution is 2.26. The summed E-state index contributed by atoms with van der Waals surface area (Å²) in [6.45, 7) is 8.32. The van der Waals surface area contributed by atoms with Crippen molar-refractivity contribution in [1.82, 2.24) is 24.1 Å². The van der Waals surface area contributed by atoms with Crippen molar-refractivity contribution in [2.45, 2.75) is 39.7 Å². The molecule has 0 spiro atoms. The average molecular weight is 361 g/mol. The van der Waals surface area contributed by atoms with Gasteiger partial charge in [0.15, 0.2) is 5.65 Å². The molecule has 0 saturated heterocycles. The molecule has 0 fully saturated rings. The highest BCUT2D eigenvalue weighted by molar-refractivity contribution is 5.77. The van der Waals surface area contributed by atoms with Gasteiger partial charge in [-0.1, -0.05) is 43.7 Å². The van der Waals surface area contributed by atoms with Gasteiger partial charge in [-0.05, 0) is 19.4 Å². The fraction of sp³-hybridized carbons (Fsp3) is 0.286. The Kier molecular flexibility index (Phi) is 4.18. The maximum Gasteiger partial charge on any atom is 0.272 e. The van der Waals surface area contributed by atoms with Gasteiger partial charge in [0.1, 0.15) is 5.82 Å². The van der Waals surface area contributed by atoms with Crippen LogP contribution in [0.2, 0.25) is 0 Å². The maximum atomic E-state index is 12.7. The molecule has 0 amide bonds. The highest BCUT2D eigenvalue weighted by Gasteiger charge is 2.18.